The zero-order valence-corrected chi connectivity index (χ0v) is 29.0. The van der Waals surface area contributed by atoms with Crippen molar-refractivity contribution in [1.82, 2.24) is 5.32 Å². The van der Waals surface area contributed by atoms with E-state index in [4.69, 9.17) is 10.5 Å². The smallest absolute Gasteiger partial charge is 0.302 e. The van der Waals surface area contributed by atoms with Gasteiger partial charge in [0.2, 0.25) is 5.91 Å². The second-order valence-corrected chi connectivity index (χ2v) is 17.2. The summed E-state index contributed by atoms with van der Waals surface area (Å²) in [6.45, 7) is 20.6. The summed E-state index contributed by atoms with van der Waals surface area (Å²) in [6.07, 6.45) is 17.1. The van der Waals surface area contributed by atoms with E-state index in [1.807, 2.05) is 0 Å². The normalized spacial score (nSPS) is 45.0. The molecule has 1 amide bonds. The second kappa shape index (κ2) is 11.8. The number of fused-ring (bicyclic) bond motifs is 7. The fourth-order valence-electron chi connectivity index (χ4n) is 12.3. The molecule has 5 aliphatic rings. The molecular weight excluding hydrogens is 532 g/mol. The maximum Gasteiger partial charge on any atom is 0.302 e. The van der Waals surface area contributed by atoms with Crippen LogP contribution in [0.3, 0.4) is 0 Å². The SMILES string of the molecule is CC(=O)O[C@H]1CC[C@@]2(C)C(CC[C@]3(C)C2CC=C2C4[C@@H](C)[C@H](C)CC[C@]4(C(=O)NCCCCCCN)CC[C@]23C)C1(C)C. The standard InChI is InChI=1S/C38H64N2O3/c1-25-15-20-38(33(42)40-24-12-10-9-11-23-39)22-21-36(7)28(32(38)26(25)2)13-14-30-35(6)18-17-31(43-27(3)41)34(4,5)29(35)16-19-37(30,36)8/h13,25-26,29-32H,9-12,14-24,39H2,1-8H3,(H,40,42)/t25-,26+,29?,30?,31+,32?,35+,36-,37-,38+/m1/s1. The van der Waals surface area contributed by atoms with Crippen LogP contribution in [0.25, 0.3) is 0 Å². The average molecular weight is 597 g/mol. The molecule has 244 valence electrons. The largest absolute Gasteiger partial charge is 0.462 e. The van der Waals surface area contributed by atoms with Crippen molar-refractivity contribution in [2.75, 3.05) is 13.1 Å². The lowest BCUT2D eigenvalue weighted by molar-refractivity contribution is -0.212. The molecule has 43 heavy (non-hydrogen) atoms. The summed E-state index contributed by atoms with van der Waals surface area (Å²) >= 11 is 0. The van der Waals surface area contributed by atoms with Crippen LogP contribution in [0.15, 0.2) is 11.6 Å². The van der Waals surface area contributed by atoms with Crippen LogP contribution in [0.4, 0.5) is 0 Å². The lowest BCUT2D eigenvalue weighted by Crippen LogP contribution is -2.66. The molecule has 5 aliphatic carbocycles. The Morgan fingerprint density at radius 3 is 2.33 bits per heavy atom. The van der Waals surface area contributed by atoms with Crippen molar-refractivity contribution >= 4 is 11.9 Å². The van der Waals surface area contributed by atoms with Gasteiger partial charge in [0.05, 0.1) is 5.41 Å². The highest BCUT2D eigenvalue weighted by Gasteiger charge is 2.69. The molecule has 0 aromatic rings. The molecule has 10 atom stereocenters. The summed E-state index contributed by atoms with van der Waals surface area (Å²) in [6, 6.07) is 0. The summed E-state index contributed by atoms with van der Waals surface area (Å²) in [5.74, 6) is 2.84. The Morgan fingerprint density at radius 2 is 1.63 bits per heavy atom. The number of rotatable bonds is 8. The molecule has 0 aromatic carbocycles. The zero-order valence-electron chi connectivity index (χ0n) is 29.0. The van der Waals surface area contributed by atoms with Crippen LogP contribution in [0.2, 0.25) is 0 Å². The Bertz CT molecular complexity index is 1100. The first-order valence-electron chi connectivity index (χ1n) is 18.0. The van der Waals surface area contributed by atoms with Gasteiger partial charge in [-0.05, 0) is 123 Å². The lowest BCUT2D eigenvalue weighted by Gasteiger charge is -2.71. The average Bonchev–Trinajstić information content (AvgIpc) is 2.94. The molecule has 4 fully saturated rings. The number of carbonyl (C=O) groups is 2. The van der Waals surface area contributed by atoms with E-state index < -0.39 is 0 Å². The van der Waals surface area contributed by atoms with E-state index >= 15 is 0 Å². The quantitative estimate of drug-likeness (QED) is 0.168. The predicted octanol–water partition coefficient (Wildman–Crippen LogP) is 8.21. The molecule has 5 nitrogen and oxygen atoms in total. The molecule has 5 heteroatoms. The lowest BCUT2D eigenvalue weighted by atomic mass is 9.33. The number of ether oxygens (including phenoxy) is 1. The number of unbranched alkanes of at least 4 members (excludes halogenated alkanes) is 3. The third-order valence-electron chi connectivity index (χ3n) is 15.1. The summed E-state index contributed by atoms with van der Waals surface area (Å²) in [5.41, 5.74) is 7.58. The van der Waals surface area contributed by atoms with Crippen molar-refractivity contribution in [3.63, 3.8) is 0 Å². The maximum absolute atomic E-state index is 14.3. The summed E-state index contributed by atoms with van der Waals surface area (Å²) in [7, 11) is 0. The number of hydrogen-bond donors (Lipinski definition) is 2. The van der Waals surface area contributed by atoms with Crippen LogP contribution in [-0.2, 0) is 14.3 Å². The van der Waals surface area contributed by atoms with Gasteiger partial charge >= 0.3 is 5.97 Å². The fraction of sp³-hybridized carbons (Fsp3) is 0.895. The van der Waals surface area contributed by atoms with Crippen molar-refractivity contribution in [1.29, 1.82) is 0 Å². The number of amides is 1. The Balaban J connectivity index is 1.45. The molecule has 0 radical (unpaired) electrons. The zero-order chi connectivity index (χ0) is 31.4. The van der Waals surface area contributed by atoms with Gasteiger partial charge < -0.3 is 15.8 Å². The molecular formula is C38H64N2O3. The Hall–Kier alpha value is -1.36. The van der Waals surface area contributed by atoms with E-state index in [0.717, 1.165) is 83.7 Å². The van der Waals surface area contributed by atoms with Gasteiger partial charge in [0.25, 0.3) is 0 Å². The first-order chi connectivity index (χ1) is 20.2. The number of allylic oxidation sites excluding steroid dienone is 2. The molecule has 3 N–H and O–H groups in total. The van der Waals surface area contributed by atoms with Crippen LogP contribution >= 0.6 is 0 Å². The molecule has 0 spiro atoms. The summed E-state index contributed by atoms with van der Waals surface area (Å²) in [4.78, 5) is 26.3. The molecule has 4 saturated carbocycles. The highest BCUT2D eigenvalue weighted by Crippen LogP contribution is 2.75. The summed E-state index contributed by atoms with van der Waals surface area (Å²) < 4.78 is 5.94. The molecule has 3 unspecified atom stereocenters. The molecule has 0 heterocycles. The number of hydrogen-bond acceptors (Lipinski definition) is 4. The van der Waals surface area contributed by atoms with E-state index in [2.05, 4.69) is 59.9 Å². The second-order valence-electron chi connectivity index (χ2n) is 17.2. The number of esters is 1. The van der Waals surface area contributed by atoms with Gasteiger partial charge in [0, 0.05) is 18.9 Å². The molecule has 0 aliphatic heterocycles. The number of carbonyl (C=O) groups excluding carboxylic acids is 2. The van der Waals surface area contributed by atoms with Crippen molar-refractivity contribution in [3.8, 4) is 0 Å². The van der Waals surface area contributed by atoms with Crippen LogP contribution < -0.4 is 11.1 Å². The van der Waals surface area contributed by atoms with Crippen molar-refractivity contribution in [2.24, 2.45) is 62.4 Å². The van der Waals surface area contributed by atoms with Crippen molar-refractivity contribution in [2.45, 2.75) is 145 Å². The fourth-order valence-corrected chi connectivity index (χ4v) is 12.3. The first-order valence-corrected chi connectivity index (χ1v) is 18.0. The van der Waals surface area contributed by atoms with E-state index in [1.165, 1.54) is 12.8 Å². The van der Waals surface area contributed by atoms with Gasteiger partial charge in [0.15, 0.2) is 0 Å². The van der Waals surface area contributed by atoms with Crippen LogP contribution in [0.1, 0.15) is 139 Å². The van der Waals surface area contributed by atoms with Crippen molar-refractivity contribution in [3.05, 3.63) is 11.6 Å². The monoisotopic (exact) mass is 596 g/mol. The van der Waals surface area contributed by atoms with Gasteiger partial charge in [-0.3, -0.25) is 9.59 Å². The summed E-state index contributed by atoms with van der Waals surface area (Å²) in [5, 5.41) is 3.47. The Labute approximate surface area is 263 Å². The Kier molecular flexibility index (Phi) is 9.04. The number of nitrogens with one attached hydrogen (secondary N) is 1. The highest BCUT2D eigenvalue weighted by molar-refractivity contribution is 5.84. The van der Waals surface area contributed by atoms with Crippen LogP contribution in [0, 0.1) is 56.7 Å². The molecule has 0 aromatic heterocycles. The van der Waals surface area contributed by atoms with Gasteiger partial charge in [-0.1, -0.05) is 73.0 Å². The Morgan fingerprint density at radius 1 is 0.907 bits per heavy atom. The molecule has 0 saturated heterocycles. The van der Waals surface area contributed by atoms with E-state index in [9.17, 15) is 9.59 Å². The predicted molar refractivity (Wildman–Crippen MR) is 175 cm³/mol. The van der Waals surface area contributed by atoms with Gasteiger partial charge in [-0.15, -0.1) is 0 Å². The van der Waals surface area contributed by atoms with E-state index in [-0.39, 0.29) is 39.1 Å². The van der Waals surface area contributed by atoms with Crippen LogP contribution in [0.5, 0.6) is 0 Å². The molecule has 5 rings (SSSR count). The molecule has 0 bridgehead atoms. The van der Waals surface area contributed by atoms with Gasteiger partial charge in [-0.25, -0.2) is 0 Å². The maximum atomic E-state index is 14.3. The van der Waals surface area contributed by atoms with Gasteiger partial charge in [0.1, 0.15) is 6.10 Å². The van der Waals surface area contributed by atoms with Gasteiger partial charge in [-0.2, -0.15) is 0 Å². The minimum absolute atomic E-state index is 0.0109. The van der Waals surface area contributed by atoms with Crippen molar-refractivity contribution < 1.29 is 14.3 Å². The minimum Gasteiger partial charge on any atom is -0.462 e. The van der Waals surface area contributed by atoms with E-state index in [1.54, 1.807) is 12.5 Å². The highest BCUT2D eigenvalue weighted by atomic mass is 16.5. The topological polar surface area (TPSA) is 81.4 Å². The minimum atomic E-state index is -0.261. The number of nitrogens with two attached hydrogens (primary N) is 1. The first kappa shape index (κ1) is 33.0. The van der Waals surface area contributed by atoms with E-state index in [0.29, 0.717) is 35.5 Å². The third-order valence-corrected chi connectivity index (χ3v) is 15.1. The van der Waals surface area contributed by atoms with Crippen LogP contribution in [-0.4, -0.2) is 31.1 Å². The third kappa shape index (κ3) is 5.05.